The lowest BCUT2D eigenvalue weighted by Crippen LogP contribution is -2.25. The average Bonchev–Trinajstić information content (AvgIpc) is 2.53. The van der Waals surface area contributed by atoms with E-state index < -0.39 is 12.5 Å². The number of aliphatic hydroxyl groups is 1. The molecule has 0 spiro atoms. The number of methoxy groups -OCH3 is 1. The molecule has 0 aliphatic rings. The van der Waals surface area contributed by atoms with E-state index in [0.29, 0.717) is 6.54 Å². The van der Waals surface area contributed by atoms with Crippen LogP contribution in [0.1, 0.15) is 5.69 Å². The maximum Gasteiger partial charge on any atom is 0.246 e. The van der Waals surface area contributed by atoms with Gasteiger partial charge in [-0.3, -0.25) is 9.78 Å². The van der Waals surface area contributed by atoms with E-state index in [9.17, 15) is 4.79 Å². The third-order valence-electron chi connectivity index (χ3n) is 2.85. The van der Waals surface area contributed by atoms with Crippen molar-refractivity contribution in [3.63, 3.8) is 0 Å². The van der Waals surface area contributed by atoms with Crippen molar-refractivity contribution in [3.05, 3.63) is 48.3 Å². The quantitative estimate of drug-likeness (QED) is 0.862. The van der Waals surface area contributed by atoms with Crippen molar-refractivity contribution in [1.29, 1.82) is 0 Å². The van der Waals surface area contributed by atoms with Crippen molar-refractivity contribution in [2.45, 2.75) is 6.54 Å². The predicted molar refractivity (Wildman–Crippen MR) is 75.2 cm³/mol. The molecule has 5 heteroatoms. The minimum Gasteiger partial charge on any atom is -0.496 e. The van der Waals surface area contributed by atoms with Crippen LogP contribution in [0.2, 0.25) is 0 Å². The van der Waals surface area contributed by atoms with E-state index in [1.54, 1.807) is 13.3 Å². The molecule has 2 rings (SSSR count). The molecule has 2 N–H and O–H groups in total. The lowest BCUT2D eigenvalue weighted by Gasteiger charge is -2.08. The van der Waals surface area contributed by atoms with Crippen LogP contribution in [-0.4, -0.2) is 29.7 Å². The Labute approximate surface area is 117 Å². The summed E-state index contributed by atoms with van der Waals surface area (Å²) in [5.74, 6) is 0.372. The van der Waals surface area contributed by atoms with Gasteiger partial charge in [-0.15, -0.1) is 0 Å². The maximum absolute atomic E-state index is 11.0. The minimum absolute atomic E-state index is 0.297. The van der Waals surface area contributed by atoms with Crippen LogP contribution in [0.15, 0.2) is 42.6 Å². The van der Waals surface area contributed by atoms with Crippen molar-refractivity contribution in [2.75, 3.05) is 13.7 Å². The number of benzene rings is 1. The monoisotopic (exact) mass is 272 g/mol. The van der Waals surface area contributed by atoms with E-state index in [2.05, 4.69) is 10.3 Å². The Morgan fingerprint density at radius 1 is 1.30 bits per heavy atom. The molecule has 0 unspecified atom stereocenters. The number of rotatable bonds is 5. The summed E-state index contributed by atoms with van der Waals surface area (Å²) in [5.41, 5.74) is 2.64. The van der Waals surface area contributed by atoms with Crippen LogP contribution in [0.5, 0.6) is 5.75 Å². The van der Waals surface area contributed by atoms with Gasteiger partial charge in [-0.1, -0.05) is 24.3 Å². The number of pyridine rings is 1. The van der Waals surface area contributed by atoms with Gasteiger partial charge in [0.1, 0.15) is 12.4 Å². The molecular formula is C15H16N2O3. The molecular weight excluding hydrogens is 256 g/mol. The first-order valence-electron chi connectivity index (χ1n) is 6.20. The van der Waals surface area contributed by atoms with E-state index in [1.807, 2.05) is 36.4 Å². The molecule has 0 fully saturated rings. The molecule has 0 atom stereocenters. The normalized spacial score (nSPS) is 10.1. The van der Waals surface area contributed by atoms with Crippen LogP contribution < -0.4 is 10.1 Å². The summed E-state index contributed by atoms with van der Waals surface area (Å²) in [7, 11) is 1.63. The largest absolute Gasteiger partial charge is 0.496 e. The number of aliphatic hydroxyl groups excluding tert-OH is 1. The zero-order chi connectivity index (χ0) is 14.4. The minimum atomic E-state index is -0.515. The molecule has 0 aliphatic heterocycles. The highest BCUT2D eigenvalue weighted by molar-refractivity contribution is 5.76. The standard InChI is InChI=1S/C15H16N2O3/c1-20-14-5-3-2-4-13(14)11-6-7-12(16-8-11)9-17-15(19)10-18/h2-8,18H,9-10H2,1H3,(H,17,19). The zero-order valence-corrected chi connectivity index (χ0v) is 11.2. The third kappa shape index (κ3) is 3.33. The highest BCUT2D eigenvalue weighted by Gasteiger charge is 2.05. The smallest absolute Gasteiger partial charge is 0.246 e. The first-order chi connectivity index (χ1) is 9.74. The van der Waals surface area contributed by atoms with Gasteiger partial charge in [0.15, 0.2) is 0 Å². The fourth-order valence-corrected chi connectivity index (χ4v) is 1.82. The Bertz CT molecular complexity index is 582. The Hall–Kier alpha value is -2.40. The average molecular weight is 272 g/mol. The molecule has 0 radical (unpaired) electrons. The molecule has 1 amide bonds. The fraction of sp³-hybridized carbons (Fsp3) is 0.200. The Morgan fingerprint density at radius 3 is 2.75 bits per heavy atom. The summed E-state index contributed by atoms with van der Waals surface area (Å²) in [6.07, 6.45) is 1.73. The van der Waals surface area contributed by atoms with E-state index in [4.69, 9.17) is 9.84 Å². The van der Waals surface area contributed by atoms with Crippen molar-refractivity contribution >= 4 is 5.91 Å². The molecule has 0 saturated carbocycles. The number of para-hydroxylation sites is 1. The molecule has 2 aromatic rings. The van der Waals surface area contributed by atoms with Gasteiger partial charge in [-0.2, -0.15) is 0 Å². The molecule has 0 saturated heterocycles. The lowest BCUT2D eigenvalue weighted by atomic mass is 10.1. The SMILES string of the molecule is COc1ccccc1-c1ccc(CNC(=O)CO)nc1. The number of nitrogens with one attached hydrogen (secondary N) is 1. The zero-order valence-electron chi connectivity index (χ0n) is 11.2. The van der Waals surface area contributed by atoms with Crippen LogP contribution in [0.3, 0.4) is 0 Å². The van der Waals surface area contributed by atoms with Gasteiger partial charge >= 0.3 is 0 Å². The number of carbonyl (C=O) groups excluding carboxylic acids is 1. The van der Waals surface area contributed by atoms with Crippen LogP contribution >= 0.6 is 0 Å². The van der Waals surface area contributed by atoms with Crippen LogP contribution in [0.4, 0.5) is 0 Å². The van der Waals surface area contributed by atoms with Gasteiger partial charge in [0, 0.05) is 17.3 Å². The molecule has 1 aromatic carbocycles. The third-order valence-corrected chi connectivity index (χ3v) is 2.85. The first kappa shape index (κ1) is 14.0. The van der Waals surface area contributed by atoms with Crippen LogP contribution in [-0.2, 0) is 11.3 Å². The predicted octanol–water partition coefficient (Wildman–Crippen LogP) is 1.37. The summed E-state index contributed by atoms with van der Waals surface area (Å²) >= 11 is 0. The van der Waals surface area contributed by atoms with Crippen LogP contribution in [0.25, 0.3) is 11.1 Å². The number of amides is 1. The first-order valence-corrected chi connectivity index (χ1v) is 6.20. The van der Waals surface area contributed by atoms with Crippen LogP contribution in [0, 0.1) is 0 Å². The van der Waals surface area contributed by atoms with Gasteiger partial charge in [0.05, 0.1) is 19.3 Å². The highest BCUT2D eigenvalue weighted by atomic mass is 16.5. The van der Waals surface area contributed by atoms with Gasteiger partial charge in [-0.25, -0.2) is 0 Å². The second kappa shape index (κ2) is 6.68. The molecule has 0 aliphatic carbocycles. The molecule has 5 nitrogen and oxygen atoms in total. The fourth-order valence-electron chi connectivity index (χ4n) is 1.82. The number of carbonyl (C=O) groups is 1. The molecule has 20 heavy (non-hydrogen) atoms. The molecule has 1 heterocycles. The second-order valence-corrected chi connectivity index (χ2v) is 4.17. The van der Waals surface area contributed by atoms with Crippen molar-refractivity contribution in [2.24, 2.45) is 0 Å². The molecule has 104 valence electrons. The Balaban J connectivity index is 2.13. The number of hydrogen-bond acceptors (Lipinski definition) is 4. The number of nitrogens with zero attached hydrogens (tertiary/aromatic N) is 1. The summed E-state index contributed by atoms with van der Waals surface area (Å²) < 4.78 is 5.31. The Morgan fingerprint density at radius 2 is 2.10 bits per heavy atom. The molecule has 1 aromatic heterocycles. The van der Waals surface area contributed by atoms with E-state index >= 15 is 0 Å². The topological polar surface area (TPSA) is 71.5 Å². The summed E-state index contributed by atoms with van der Waals surface area (Å²) in [4.78, 5) is 15.2. The van der Waals surface area contributed by atoms with Gasteiger partial charge in [0.25, 0.3) is 0 Å². The van der Waals surface area contributed by atoms with E-state index in [1.165, 1.54) is 0 Å². The van der Waals surface area contributed by atoms with Crippen molar-refractivity contribution in [1.82, 2.24) is 10.3 Å². The number of ether oxygens (including phenoxy) is 1. The maximum atomic E-state index is 11.0. The molecule has 0 bridgehead atoms. The van der Waals surface area contributed by atoms with Gasteiger partial charge < -0.3 is 15.2 Å². The Kier molecular flexibility index (Phi) is 4.68. The van der Waals surface area contributed by atoms with Crippen molar-refractivity contribution in [3.8, 4) is 16.9 Å². The van der Waals surface area contributed by atoms with Gasteiger partial charge in [-0.05, 0) is 12.1 Å². The summed E-state index contributed by atoms with van der Waals surface area (Å²) in [6.45, 7) is -0.217. The van der Waals surface area contributed by atoms with E-state index in [-0.39, 0.29) is 0 Å². The highest BCUT2D eigenvalue weighted by Crippen LogP contribution is 2.28. The summed E-state index contributed by atoms with van der Waals surface area (Å²) in [5, 5.41) is 11.2. The summed E-state index contributed by atoms with van der Waals surface area (Å²) in [6, 6.07) is 11.5. The van der Waals surface area contributed by atoms with E-state index in [0.717, 1.165) is 22.6 Å². The van der Waals surface area contributed by atoms with Gasteiger partial charge in [0.2, 0.25) is 5.91 Å². The van der Waals surface area contributed by atoms with Crippen molar-refractivity contribution < 1.29 is 14.6 Å². The number of aromatic nitrogens is 1. The lowest BCUT2D eigenvalue weighted by molar-refractivity contribution is -0.123. The second-order valence-electron chi connectivity index (χ2n) is 4.17. The number of hydrogen-bond donors (Lipinski definition) is 2.